The molecule has 0 aliphatic carbocycles. The molecule has 0 saturated carbocycles. The smallest absolute Gasteiger partial charge is 0.337 e. The van der Waals surface area contributed by atoms with E-state index in [1.165, 1.54) is 24.3 Å². The monoisotopic (exact) mass is 497 g/mol. The summed E-state index contributed by atoms with van der Waals surface area (Å²) in [6.45, 7) is 5.13. The van der Waals surface area contributed by atoms with Crippen LogP contribution >= 0.6 is 23.4 Å². The zero-order valence-electron chi connectivity index (χ0n) is 18.2. The molecule has 2 N–H and O–H groups in total. The lowest BCUT2D eigenvalue weighted by molar-refractivity contribution is -0.138. The van der Waals surface area contributed by atoms with Crippen LogP contribution in [0.3, 0.4) is 0 Å². The maximum Gasteiger partial charge on any atom is 0.337 e. The van der Waals surface area contributed by atoms with E-state index in [0.29, 0.717) is 21.4 Å². The lowest BCUT2D eigenvalue weighted by Gasteiger charge is -2.29. The first-order valence-corrected chi connectivity index (χ1v) is 11.5. The van der Waals surface area contributed by atoms with E-state index in [4.69, 9.17) is 16.3 Å². The summed E-state index contributed by atoms with van der Waals surface area (Å²) in [5.74, 6) is -2.65. The van der Waals surface area contributed by atoms with Crippen molar-refractivity contribution in [3.8, 4) is 6.07 Å². The third-order valence-corrected chi connectivity index (χ3v) is 6.26. The van der Waals surface area contributed by atoms with Gasteiger partial charge in [-0.05, 0) is 25.1 Å². The molecule has 3 rings (SSSR count). The van der Waals surface area contributed by atoms with Crippen LogP contribution < -0.4 is 10.6 Å². The van der Waals surface area contributed by atoms with Gasteiger partial charge in [-0.15, -0.1) is 0 Å². The highest BCUT2D eigenvalue weighted by molar-refractivity contribution is 8.03. The summed E-state index contributed by atoms with van der Waals surface area (Å²) in [5.41, 5.74) is 1.25. The van der Waals surface area contributed by atoms with E-state index >= 15 is 0 Å². The number of nitrogens with one attached hydrogen (secondary N) is 2. The maximum absolute atomic E-state index is 14.8. The molecule has 2 aromatic carbocycles. The van der Waals surface area contributed by atoms with Crippen molar-refractivity contribution < 1.29 is 18.7 Å². The van der Waals surface area contributed by atoms with Crippen LogP contribution in [0.4, 0.5) is 10.1 Å². The fourth-order valence-corrected chi connectivity index (χ4v) is 4.49. The number of thioether (sulfide) groups is 1. The van der Waals surface area contributed by atoms with Gasteiger partial charge in [0.1, 0.15) is 12.4 Å². The number of allylic oxidation sites excluding steroid dienone is 2. The first-order valence-electron chi connectivity index (χ1n) is 10.2. The number of hydrogen-bond donors (Lipinski definition) is 2. The van der Waals surface area contributed by atoms with Gasteiger partial charge in [-0.2, -0.15) is 5.26 Å². The van der Waals surface area contributed by atoms with Crippen LogP contribution in [0, 0.1) is 17.1 Å². The minimum atomic E-state index is -1.00. The molecule has 34 heavy (non-hydrogen) atoms. The molecule has 1 aliphatic rings. The molecule has 9 heteroatoms. The number of rotatable bonds is 8. The molecule has 0 radical (unpaired) electrons. The first-order chi connectivity index (χ1) is 16.4. The van der Waals surface area contributed by atoms with Crippen molar-refractivity contribution in [3.05, 3.63) is 99.5 Å². The Morgan fingerprint density at radius 1 is 1.29 bits per heavy atom. The van der Waals surface area contributed by atoms with Crippen LogP contribution in [0.5, 0.6) is 0 Å². The molecule has 0 fully saturated rings. The SMILES string of the molecule is C=CCOC(=O)C1=C(C)NC(SCC(=O)Nc2ccccc2Cl)=C(C#N)[C@H]1c1ccccc1F. The summed E-state index contributed by atoms with van der Waals surface area (Å²) in [6.07, 6.45) is 1.42. The van der Waals surface area contributed by atoms with E-state index in [0.717, 1.165) is 11.8 Å². The van der Waals surface area contributed by atoms with Gasteiger partial charge in [-0.25, -0.2) is 9.18 Å². The Labute approximate surface area is 206 Å². The van der Waals surface area contributed by atoms with Crippen LogP contribution in [0.25, 0.3) is 0 Å². The largest absolute Gasteiger partial charge is 0.458 e. The number of anilines is 1. The topological polar surface area (TPSA) is 91.2 Å². The molecule has 174 valence electrons. The van der Waals surface area contributed by atoms with E-state index < -0.39 is 17.7 Å². The first kappa shape index (κ1) is 25.1. The Balaban J connectivity index is 1.93. The third kappa shape index (κ3) is 5.68. The molecule has 1 heterocycles. The van der Waals surface area contributed by atoms with Crippen molar-refractivity contribution in [1.82, 2.24) is 5.32 Å². The number of carbonyl (C=O) groups excluding carboxylic acids is 2. The highest BCUT2D eigenvalue weighted by atomic mass is 35.5. The predicted molar refractivity (Wildman–Crippen MR) is 131 cm³/mol. The summed E-state index contributed by atoms with van der Waals surface area (Å²) in [5, 5.41) is 16.5. The van der Waals surface area contributed by atoms with E-state index in [1.807, 2.05) is 0 Å². The number of dihydropyridines is 1. The van der Waals surface area contributed by atoms with Crippen LogP contribution in [0.1, 0.15) is 18.4 Å². The zero-order valence-corrected chi connectivity index (χ0v) is 19.8. The molecule has 0 aromatic heterocycles. The lowest BCUT2D eigenvalue weighted by Crippen LogP contribution is -2.30. The molecule has 6 nitrogen and oxygen atoms in total. The molecule has 1 amide bonds. The van der Waals surface area contributed by atoms with E-state index in [-0.39, 0.29) is 35.0 Å². The summed E-state index contributed by atoms with van der Waals surface area (Å²) < 4.78 is 20.0. The Hall–Kier alpha value is -3.54. The number of para-hydroxylation sites is 1. The van der Waals surface area contributed by atoms with Gasteiger partial charge in [-0.3, -0.25) is 4.79 Å². The Kier molecular flexibility index (Phi) is 8.52. The molecule has 0 spiro atoms. The summed E-state index contributed by atoms with van der Waals surface area (Å²) in [4.78, 5) is 25.3. The Morgan fingerprint density at radius 3 is 2.68 bits per heavy atom. The van der Waals surface area contributed by atoms with Crippen LogP contribution in [-0.2, 0) is 14.3 Å². The van der Waals surface area contributed by atoms with Gasteiger partial charge < -0.3 is 15.4 Å². The molecule has 0 bridgehead atoms. The summed E-state index contributed by atoms with van der Waals surface area (Å²) >= 11 is 7.16. The quantitative estimate of drug-likeness (QED) is 0.381. The highest BCUT2D eigenvalue weighted by Gasteiger charge is 2.37. The van der Waals surface area contributed by atoms with E-state index in [9.17, 15) is 19.2 Å². The average Bonchev–Trinajstić information content (AvgIpc) is 2.82. The fraction of sp³-hybridized carbons (Fsp3) is 0.160. The zero-order chi connectivity index (χ0) is 24.7. The number of halogens is 2. The van der Waals surface area contributed by atoms with Crippen molar-refractivity contribution >= 4 is 40.9 Å². The molecule has 0 saturated heterocycles. The molecule has 1 atom stereocenters. The minimum Gasteiger partial charge on any atom is -0.458 e. The van der Waals surface area contributed by atoms with Crippen molar-refractivity contribution in [2.75, 3.05) is 17.7 Å². The van der Waals surface area contributed by atoms with Gasteiger partial charge in [0.15, 0.2) is 0 Å². The normalized spacial score (nSPS) is 15.3. The lowest BCUT2D eigenvalue weighted by atomic mass is 9.82. The summed E-state index contributed by atoms with van der Waals surface area (Å²) in [7, 11) is 0. The molecule has 0 unspecified atom stereocenters. The average molecular weight is 498 g/mol. The Bertz CT molecular complexity index is 1240. The number of carbonyl (C=O) groups is 2. The van der Waals surface area contributed by atoms with Crippen molar-refractivity contribution in [2.24, 2.45) is 0 Å². The number of nitrogens with zero attached hydrogens (tertiary/aromatic N) is 1. The number of benzene rings is 2. The van der Waals surface area contributed by atoms with Gasteiger partial charge in [0.2, 0.25) is 5.91 Å². The number of ether oxygens (including phenoxy) is 1. The summed E-state index contributed by atoms with van der Waals surface area (Å²) in [6, 6.07) is 14.8. The van der Waals surface area contributed by atoms with Crippen LogP contribution in [-0.4, -0.2) is 24.2 Å². The second kappa shape index (κ2) is 11.5. The van der Waals surface area contributed by atoms with Gasteiger partial charge in [0.05, 0.1) is 44.6 Å². The third-order valence-electron chi connectivity index (χ3n) is 4.91. The molecular formula is C25H21ClFN3O3S. The molecule has 1 aliphatic heterocycles. The highest BCUT2D eigenvalue weighted by Crippen LogP contribution is 2.41. The second-order valence-corrected chi connectivity index (χ2v) is 8.57. The van der Waals surface area contributed by atoms with E-state index in [2.05, 4.69) is 23.3 Å². The van der Waals surface area contributed by atoms with Crippen LogP contribution in [0.2, 0.25) is 5.02 Å². The van der Waals surface area contributed by atoms with Crippen LogP contribution in [0.15, 0.2) is 83.1 Å². The standard InChI is InChI=1S/C25H21ClFN3O3S/c1-3-12-33-25(32)22-15(2)29-24(17(13-28)23(22)16-8-4-6-10-19(16)27)34-14-21(31)30-20-11-7-5-9-18(20)26/h3-11,23,29H,1,12,14H2,2H3,(H,30,31)/t23-/m1/s1. The number of nitriles is 1. The van der Waals surface area contributed by atoms with Gasteiger partial charge >= 0.3 is 5.97 Å². The molecular weight excluding hydrogens is 477 g/mol. The number of esters is 1. The van der Waals surface area contributed by atoms with Crippen molar-refractivity contribution in [3.63, 3.8) is 0 Å². The van der Waals surface area contributed by atoms with Crippen molar-refractivity contribution in [1.29, 1.82) is 5.26 Å². The number of amides is 1. The maximum atomic E-state index is 14.8. The molecule has 2 aromatic rings. The van der Waals surface area contributed by atoms with Gasteiger partial charge in [0.25, 0.3) is 0 Å². The van der Waals surface area contributed by atoms with E-state index in [1.54, 1.807) is 37.3 Å². The minimum absolute atomic E-state index is 0.0327. The van der Waals surface area contributed by atoms with Gasteiger partial charge in [-0.1, -0.05) is 66.3 Å². The fourth-order valence-electron chi connectivity index (χ4n) is 3.42. The van der Waals surface area contributed by atoms with Crippen molar-refractivity contribution in [2.45, 2.75) is 12.8 Å². The predicted octanol–water partition coefficient (Wildman–Crippen LogP) is 5.28. The number of hydrogen-bond acceptors (Lipinski definition) is 6. The van der Waals surface area contributed by atoms with Gasteiger partial charge in [0, 0.05) is 11.3 Å². The second-order valence-electron chi connectivity index (χ2n) is 7.18. The Morgan fingerprint density at radius 2 is 2.00 bits per heavy atom.